The van der Waals surface area contributed by atoms with Crippen molar-refractivity contribution in [3.8, 4) is 5.75 Å². The maximum atomic E-state index is 13.1. The normalized spacial score (nSPS) is 24.1. The Morgan fingerprint density at radius 3 is 2.82 bits per heavy atom. The van der Waals surface area contributed by atoms with Crippen LogP contribution in [0.4, 0.5) is 4.39 Å². The van der Waals surface area contributed by atoms with E-state index in [2.05, 4.69) is 5.32 Å². The van der Waals surface area contributed by atoms with Gasteiger partial charge in [-0.3, -0.25) is 4.79 Å². The molecule has 1 aromatic rings. The van der Waals surface area contributed by atoms with Gasteiger partial charge in [-0.1, -0.05) is 19.3 Å². The van der Waals surface area contributed by atoms with E-state index in [0.717, 1.165) is 31.7 Å². The molecule has 3 rings (SSSR count). The molecule has 4 nitrogen and oxygen atoms in total. The van der Waals surface area contributed by atoms with E-state index in [0.29, 0.717) is 6.61 Å². The smallest absolute Gasteiger partial charge is 0.251 e. The van der Waals surface area contributed by atoms with Gasteiger partial charge in [0.15, 0.2) is 11.6 Å². The Balaban J connectivity index is 1.64. The fourth-order valence-electron chi connectivity index (χ4n) is 3.62. The van der Waals surface area contributed by atoms with Crippen LogP contribution in [-0.2, 0) is 4.74 Å². The molecule has 1 aliphatic heterocycles. The maximum Gasteiger partial charge on any atom is 0.251 e. The standard InChI is InChI=1S/C17H22FNO3/c18-14-5-4-12(10-15(14)20)16(21)19-13-6-9-22-17(11-13)7-2-1-3-8-17/h4-5,10,13,20H,1-3,6-9,11H2,(H,19,21). The van der Waals surface area contributed by atoms with Crippen molar-refractivity contribution in [2.75, 3.05) is 6.61 Å². The monoisotopic (exact) mass is 307 g/mol. The number of phenols is 1. The van der Waals surface area contributed by atoms with E-state index in [1.807, 2.05) is 0 Å². The molecule has 1 unspecified atom stereocenters. The third kappa shape index (κ3) is 3.24. The molecule has 22 heavy (non-hydrogen) atoms. The lowest BCUT2D eigenvalue weighted by Crippen LogP contribution is -2.49. The van der Waals surface area contributed by atoms with Crippen molar-refractivity contribution < 1.29 is 19.0 Å². The minimum absolute atomic E-state index is 0.0701. The van der Waals surface area contributed by atoms with Gasteiger partial charge in [0.25, 0.3) is 5.91 Å². The predicted octanol–water partition coefficient (Wildman–Crippen LogP) is 3.14. The molecule has 1 heterocycles. The van der Waals surface area contributed by atoms with Gasteiger partial charge in [0, 0.05) is 18.2 Å². The molecule has 5 heteroatoms. The van der Waals surface area contributed by atoms with E-state index >= 15 is 0 Å². The van der Waals surface area contributed by atoms with E-state index < -0.39 is 11.6 Å². The Morgan fingerprint density at radius 1 is 1.32 bits per heavy atom. The maximum absolute atomic E-state index is 13.1. The van der Waals surface area contributed by atoms with Crippen molar-refractivity contribution >= 4 is 5.91 Å². The summed E-state index contributed by atoms with van der Waals surface area (Å²) in [6, 6.07) is 3.74. The van der Waals surface area contributed by atoms with Crippen LogP contribution in [0.2, 0.25) is 0 Å². The van der Waals surface area contributed by atoms with Crippen molar-refractivity contribution in [3.05, 3.63) is 29.6 Å². The van der Waals surface area contributed by atoms with Gasteiger partial charge in [-0.15, -0.1) is 0 Å². The minimum atomic E-state index is -0.719. The summed E-state index contributed by atoms with van der Waals surface area (Å²) in [5, 5.41) is 12.4. The highest BCUT2D eigenvalue weighted by Crippen LogP contribution is 2.38. The summed E-state index contributed by atoms with van der Waals surface area (Å²) in [6.07, 6.45) is 7.40. The molecule has 1 saturated heterocycles. The first kappa shape index (κ1) is 15.3. The van der Waals surface area contributed by atoms with Crippen molar-refractivity contribution in [1.82, 2.24) is 5.32 Å². The Labute approximate surface area is 129 Å². The molecule has 1 spiro atoms. The zero-order chi connectivity index (χ0) is 15.6. The number of carbonyl (C=O) groups excluding carboxylic acids is 1. The van der Waals surface area contributed by atoms with Gasteiger partial charge in [-0.2, -0.15) is 0 Å². The van der Waals surface area contributed by atoms with E-state index in [1.54, 1.807) is 0 Å². The topological polar surface area (TPSA) is 58.6 Å². The summed E-state index contributed by atoms with van der Waals surface area (Å²) >= 11 is 0. The number of halogens is 1. The number of aromatic hydroxyl groups is 1. The molecule has 2 N–H and O–H groups in total. The van der Waals surface area contributed by atoms with Crippen LogP contribution in [0.3, 0.4) is 0 Å². The number of phenolic OH excluding ortho intramolecular Hbond substituents is 1. The van der Waals surface area contributed by atoms with Crippen LogP contribution in [0, 0.1) is 5.82 Å². The Kier molecular flexibility index (Phi) is 4.34. The fraction of sp³-hybridized carbons (Fsp3) is 0.588. The molecule has 0 bridgehead atoms. The SMILES string of the molecule is O=C(NC1CCOC2(CCCCC2)C1)c1ccc(F)c(O)c1. The molecule has 0 aromatic heterocycles. The van der Waals surface area contributed by atoms with Crippen LogP contribution < -0.4 is 5.32 Å². The van der Waals surface area contributed by atoms with Crippen molar-refractivity contribution in [2.24, 2.45) is 0 Å². The molecule has 1 atom stereocenters. The first-order valence-electron chi connectivity index (χ1n) is 8.01. The third-order valence-electron chi connectivity index (χ3n) is 4.80. The lowest BCUT2D eigenvalue weighted by Gasteiger charge is -2.43. The molecule has 1 amide bonds. The molecular weight excluding hydrogens is 285 g/mol. The minimum Gasteiger partial charge on any atom is -0.505 e. The second kappa shape index (κ2) is 6.24. The third-order valence-corrected chi connectivity index (χ3v) is 4.80. The van der Waals surface area contributed by atoms with Crippen molar-refractivity contribution in [2.45, 2.75) is 56.6 Å². The van der Waals surface area contributed by atoms with Gasteiger partial charge >= 0.3 is 0 Å². The van der Waals surface area contributed by atoms with Crippen LogP contribution in [-0.4, -0.2) is 29.3 Å². The number of amides is 1. The molecule has 120 valence electrons. The van der Waals surface area contributed by atoms with E-state index in [-0.39, 0.29) is 23.1 Å². The van der Waals surface area contributed by atoms with Gasteiger partial charge in [0.2, 0.25) is 0 Å². The number of carbonyl (C=O) groups is 1. The average molecular weight is 307 g/mol. The lowest BCUT2D eigenvalue weighted by atomic mass is 9.78. The first-order valence-corrected chi connectivity index (χ1v) is 8.01. The van der Waals surface area contributed by atoms with E-state index in [9.17, 15) is 14.3 Å². The predicted molar refractivity (Wildman–Crippen MR) is 80.3 cm³/mol. The highest BCUT2D eigenvalue weighted by Gasteiger charge is 2.38. The van der Waals surface area contributed by atoms with E-state index in [4.69, 9.17) is 4.74 Å². The van der Waals surface area contributed by atoms with Crippen LogP contribution in [0.5, 0.6) is 5.75 Å². The van der Waals surface area contributed by atoms with Gasteiger partial charge in [0.05, 0.1) is 5.60 Å². The average Bonchev–Trinajstić information content (AvgIpc) is 2.51. The van der Waals surface area contributed by atoms with E-state index in [1.165, 1.54) is 31.4 Å². The quantitative estimate of drug-likeness (QED) is 0.882. The fourth-order valence-corrected chi connectivity index (χ4v) is 3.62. The van der Waals surface area contributed by atoms with Crippen LogP contribution >= 0.6 is 0 Å². The summed E-state index contributed by atoms with van der Waals surface area (Å²) in [4.78, 5) is 12.3. The number of nitrogens with one attached hydrogen (secondary N) is 1. The largest absolute Gasteiger partial charge is 0.505 e. The second-order valence-corrected chi connectivity index (χ2v) is 6.42. The molecule has 2 aliphatic rings. The summed E-state index contributed by atoms with van der Waals surface area (Å²) in [6.45, 7) is 0.666. The van der Waals surface area contributed by atoms with Crippen LogP contribution in [0.25, 0.3) is 0 Å². The Bertz CT molecular complexity index is 549. The van der Waals surface area contributed by atoms with Gasteiger partial charge in [-0.25, -0.2) is 4.39 Å². The molecule has 1 aromatic carbocycles. The number of ether oxygens (including phenoxy) is 1. The molecule has 2 fully saturated rings. The highest BCUT2D eigenvalue weighted by atomic mass is 19.1. The summed E-state index contributed by atoms with van der Waals surface area (Å²) < 4.78 is 19.1. The molecule has 0 radical (unpaired) electrons. The zero-order valence-electron chi connectivity index (χ0n) is 12.6. The summed E-state index contributed by atoms with van der Waals surface area (Å²) in [5.74, 6) is -1.49. The molecular formula is C17H22FNO3. The lowest BCUT2D eigenvalue weighted by molar-refractivity contribution is -0.107. The highest BCUT2D eigenvalue weighted by molar-refractivity contribution is 5.94. The van der Waals surface area contributed by atoms with Crippen LogP contribution in [0.1, 0.15) is 55.3 Å². The number of benzene rings is 1. The van der Waals surface area contributed by atoms with Gasteiger partial charge in [-0.05, 0) is 43.9 Å². The van der Waals surface area contributed by atoms with Crippen molar-refractivity contribution in [1.29, 1.82) is 0 Å². The molecule has 1 aliphatic carbocycles. The number of hydrogen-bond acceptors (Lipinski definition) is 3. The molecule has 1 saturated carbocycles. The second-order valence-electron chi connectivity index (χ2n) is 6.42. The summed E-state index contributed by atoms with van der Waals surface area (Å²) in [5.41, 5.74) is 0.211. The summed E-state index contributed by atoms with van der Waals surface area (Å²) in [7, 11) is 0. The van der Waals surface area contributed by atoms with Gasteiger partial charge in [0.1, 0.15) is 0 Å². The Hall–Kier alpha value is -1.62. The Morgan fingerprint density at radius 2 is 2.09 bits per heavy atom. The zero-order valence-corrected chi connectivity index (χ0v) is 12.6. The van der Waals surface area contributed by atoms with Gasteiger partial charge < -0.3 is 15.2 Å². The van der Waals surface area contributed by atoms with Crippen molar-refractivity contribution in [3.63, 3.8) is 0 Å². The number of hydrogen-bond donors (Lipinski definition) is 2. The first-order chi connectivity index (χ1) is 10.6. The number of rotatable bonds is 2. The van der Waals surface area contributed by atoms with Crippen LogP contribution in [0.15, 0.2) is 18.2 Å².